The van der Waals surface area contributed by atoms with Crippen molar-refractivity contribution < 1.29 is 9.53 Å². The normalized spacial score (nSPS) is 21.3. The Hall–Kier alpha value is -1.55. The molecule has 1 aliphatic carbocycles. The number of hydrogen-bond donors (Lipinski definition) is 1. The van der Waals surface area contributed by atoms with E-state index in [-0.39, 0.29) is 11.4 Å². The lowest BCUT2D eigenvalue weighted by molar-refractivity contribution is 0.167. The van der Waals surface area contributed by atoms with Gasteiger partial charge in [-0.2, -0.15) is 0 Å². The van der Waals surface area contributed by atoms with Crippen LogP contribution in [-0.4, -0.2) is 36.7 Å². The standard InChI is InChI=1S/C19H28N2O2/c1-19(2,3)16-6-4-5-7-17(16)20-18(22)21(15-8-9-15)12-14-10-11-23-13-14/h4-7,14-15H,8-13H2,1-3H3,(H,20,22). The van der Waals surface area contributed by atoms with Crippen molar-refractivity contribution in [2.45, 2.75) is 51.5 Å². The van der Waals surface area contributed by atoms with Gasteiger partial charge in [0.25, 0.3) is 0 Å². The van der Waals surface area contributed by atoms with Crippen LogP contribution in [0, 0.1) is 5.92 Å². The van der Waals surface area contributed by atoms with E-state index in [1.54, 1.807) is 0 Å². The lowest BCUT2D eigenvalue weighted by atomic mass is 9.86. The molecule has 126 valence electrons. The maximum Gasteiger partial charge on any atom is 0.322 e. The van der Waals surface area contributed by atoms with Crippen molar-refractivity contribution in [3.63, 3.8) is 0 Å². The molecule has 1 saturated carbocycles. The minimum atomic E-state index is 0.00752. The summed E-state index contributed by atoms with van der Waals surface area (Å²) >= 11 is 0. The van der Waals surface area contributed by atoms with Crippen LogP contribution in [0.2, 0.25) is 0 Å². The van der Waals surface area contributed by atoms with E-state index in [1.165, 1.54) is 5.56 Å². The Morgan fingerprint density at radius 1 is 1.26 bits per heavy atom. The van der Waals surface area contributed by atoms with E-state index in [9.17, 15) is 4.79 Å². The number of ether oxygens (including phenoxy) is 1. The van der Waals surface area contributed by atoms with Crippen molar-refractivity contribution in [2.75, 3.05) is 25.1 Å². The van der Waals surface area contributed by atoms with Gasteiger partial charge < -0.3 is 15.0 Å². The van der Waals surface area contributed by atoms with Gasteiger partial charge in [0.05, 0.1) is 6.61 Å². The molecular weight excluding hydrogens is 288 g/mol. The van der Waals surface area contributed by atoms with E-state index < -0.39 is 0 Å². The fourth-order valence-corrected chi connectivity index (χ4v) is 3.22. The first kappa shape index (κ1) is 16.3. The zero-order valence-electron chi connectivity index (χ0n) is 14.5. The van der Waals surface area contributed by atoms with Crippen molar-refractivity contribution in [3.8, 4) is 0 Å². The number of amides is 2. The van der Waals surface area contributed by atoms with Crippen LogP contribution in [0.1, 0.15) is 45.6 Å². The third-order valence-corrected chi connectivity index (χ3v) is 4.70. The molecule has 1 aromatic carbocycles. The molecule has 1 heterocycles. The average Bonchev–Trinajstić information content (AvgIpc) is 3.20. The topological polar surface area (TPSA) is 41.6 Å². The van der Waals surface area contributed by atoms with Crippen LogP contribution in [0.5, 0.6) is 0 Å². The van der Waals surface area contributed by atoms with Gasteiger partial charge in [0.15, 0.2) is 0 Å². The number of carbonyl (C=O) groups excluding carboxylic acids is 1. The SMILES string of the molecule is CC(C)(C)c1ccccc1NC(=O)N(CC1CCOC1)C1CC1. The summed E-state index contributed by atoms with van der Waals surface area (Å²) in [5.74, 6) is 0.485. The average molecular weight is 316 g/mol. The summed E-state index contributed by atoms with van der Waals surface area (Å²) in [7, 11) is 0. The Bertz CT molecular complexity index is 555. The van der Waals surface area contributed by atoms with Gasteiger partial charge in [-0.05, 0) is 36.3 Å². The van der Waals surface area contributed by atoms with Crippen LogP contribution >= 0.6 is 0 Å². The molecule has 0 aromatic heterocycles. The Morgan fingerprint density at radius 3 is 2.61 bits per heavy atom. The summed E-state index contributed by atoms with van der Waals surface area (Å²) in [6, 6.07) is 8.57. The molecule has 1 atom stereocenters. The number of nitrogens with one attached hydrogen (secondary N) is 1. The van der Waals surface area contributed by atoms with Gasteiger partial charge in [-0.15, -0.1) is 0 Å². The third kappa shape index (κ3) is 4.05. The zero-order valence-corrected chi connectivity index (χ0v) is 14.5. The molecule has 0 bridgehead atoms. The highest BCUT2D eigenvalue weighted by Gasteiger charge is 2.35. The molecule has 0 radical (unpaired) electrons. The van der Waals surface area contributed by atoms with E-state index >= 15 is 0 Å². The fourth-order valence-electron chi connectivity index (χ4n) is 3.22. The van der Waals surface area contributed by atoms with E-state index in [0.717, 1.165) is 44.7 Å². The minimum absolute atomic E-state index is 0.00752. The summed E-state index contributed by atoms with van der Waals surface area (Å²) in [6.45, 7) is 8.95. The van der Waals surface area contributed by atoms with Crippen LogP contribution in [0.15, 0.2) is 24.3 Å². The molecule has 4 heteroatoms. The zero-order chi connectivity index (χ0) is 16.4. The largest absolute Gasteiger partial charge is 0.381 e. The van der Waals surface area contributed by atoms with Crippen LogP contribution < -0.4 is 5.32 Å². The molecule has 1 aromatic rings. The number of anilines is 1. The van der Waals surface area contributed by atoms with Crippen LogP contribution in [0.4, 0.5) is 10.5 Å². The van der Waals surface area contributed by atoms with Crippen molar-refractivity contribution in [2.24, 2.45) is 5.92 Å². The first-order valence-electron chi connectivity index (χ1n) is 8.70. The molecule has 3 rings (SSSR count). The number of nitrogens with zero attached hydrogens (tertiary/aromatic N) is 1. The first-order valence-corrected chi connectivity index (χ1v) is 8.70. The first-order chi connectivity index (χ1) is 10.9. The van der Waals surface area contributed by atoms with Crippen LogP contribution in [-0.2, 0) is 10.2 Å². The lowest BCUT2D eigenvalue weighted by Crippen LogP contribution is -2.40. The van der Waals surface area contributed by atoms with Crippen molar-refractivity contribution >= 4 is 11.7 Å². The maximum atomic E-state index is 12.8. The van der Waals surface area contributed by atoms with Crippen molar-refractivity contribution in [1.82, 2.24) is 4.90 Å². The molecule has 2 aliphatic rings. The summed E-state index contributed by atoms with van der Waals surface area (Å²) < 4.78 is 5.46. The molecule has 1 unspecified atom stereocenters. The fraction of sp³-hybridized carbons (Fsp3) is 0.632. The van der Waals surface area contributed by atoms with E-state index in [2.05, 4.69) is 32.2 Å². The maximum absolute atomic E-state index is 12.8. The van der Waals surface area contributed by atoms with Gasteiger partial charge in [0.1, 0.15) is 0 Å². The number of hydrogen-bond acceptors (Lipinski definition) is 2. The van der Waals surface area contributed by atoms with Gasteiger partial charge >= 0.3 is 6.03 Å². The second kappa shape index (κ2) is 6.52. The Balaban J connectivity index is 1.72. The Kier molecular flexibility index (Phi) is 4.62. The second-order valence-corrected chi connectivity index (χ2v) is 7.84. The summed E-state index contributed by atoms with van der Waals surface area (Å²) in [6.07, 6.45) is 3.32. The summed E-state index contributed by atoms with van der Waals surface area (Å²) in [5.41, 5.74) is 2.11. The van der Waals surface area contributed by atoms with Gasteiger partial charge in [0.2, 0.25) is 0 Å². The molecular formula is C19H28N2O2. The number of rotatable bonds is 4. The molecule has 23 heavy (non-hydrogen) atoms. The molecule has 2 amide bonds. The quantitative estimate of drug-likeness (QED) is 0.911. The number of urea groups is 1. The van der Waals surface area contributed by atoms with E-state index in [4.69, 9.17) is 4.74 Å². The van der Waals surface area contributed by atoms with E-state index in [1.807, 2.05) is 23.1 Å². The van der Waals surface area contributed by atoms with Crippen molar-refractivity contribution in [3.05, 3.63) is 29.8 Å². The van der Waals surface area contributed by atoms with Gasteiger partial charge in [-0.3, -0.25) is 0 Å². The number of benzene rings is 1. The van der Waals surface area contributed by atoms with Crippen LogP contribution in [0.25, 0.3) is 0 Å². The Labute approximate surface area is 139 Å². The third-order valence-electron chi connectivity index (χ3n) is 4.70. The summed E-state index contributed by atoms with van der Waals surface area (Å²) in [4.78, 5) is 14.9. The smallest absolute Gasteiger partial charge is 0.322 e. The highest BCUT2D eigenvalue weighted by atomic mass is 16.5. The molecule has 0 spiro atoms. The second-order valence-electron chi connectivity index (χ2n) is 7.84. The number of para-hydroxylation sites is 1. The van der Waals surface area contributed by atoms with Crippen LogP contribution in [0.3, 0.4) is 0 Å². The highest BCUT2D eigenvalue weighted by Crippen LogP contribution is 2.32. The summed E-state index contributed by atoms with van der Waals surface area (Å²) in [5, 5.41) is 3.16. The molecule has 1 saturated heterocycles. The molecule has 1 aliphatic heterocycles. The van der Waals surface area contributed by atoms with Gasteiger partial charge in [-0.25, -0.2) is 4.79 Å². The molecule has 2 fully saturated rings. The molecule has 4 nitrogen and oxygen atoms in total. The highest BCUT2D eigenvalue weighted by molar-refractivity contribution is 5.90. The van der Waals surface area contributed by atoms with Crippen molar-refractivity contribution in [1.29, 1.82) is 0 Å². The minimum Gasteiger partial charge on any atom is -0.381 e. The lowest BCUT2D eigenvalue weighted by Gasteiger charge is -2.28. The van der Waals surface area contributed by atoms with Gasteiger partial charge in [0, 0.05) is 30.8 Å². The predicted octanol–water partition coefficient (Wildman–Crippen LogP) is 4.02. The predicted molar refractivity (Wildman–Crippen MR) is 92.8 cm³/mol. The van der Waals surface area contributed by atoms with E-state index in [0.29, 0.717) is 12.0 Å². The van der Waals surface area contributed by atoms with Gasteiger partial charge in [-0.1, -0.05) is 39.0 Å². The monoisotopic (exact) mass is 316 g/mol. The molecule has 1 N–H and O–H groups in total. The Morgan fingerprint density at radius 2 is 2.00 bits per heavy atom. The number of carbonyl (C=O) groups is 1.